The van der Waals surface area contributed by atoms with E-state index in [4.69, 9.17) is 17.3 Å². The first-order valence-electron chi connectivity index (χ1n) is 10.8. The number of nitrogens with one attached hydrogen (secondary N) is 2. The molecule has 3 amide bonds. The number of carbonyl (C=O) groups is 2. The maximum absolute atomic E-state index is 12.4. The van der Waals surface area contributed by atoms with E-state index in [2.05, 4.69) is 39.8 Å². The van der Waals surface area contributed by atoms with Gasteiger partial charge in [-0.25, -0.2) is 4.79 Å². The molecule has 1 atom stereocenters. The van der Waals surface area contributed by atoms with Crippen LogP contribution < -0.4 is 16.4 Å². The Bertz CT molecular complexity index is 854. The van der Waals surface area contributed by atoms with Gasteiger partial charge >= 0.3 is 6.03 Å². The fourth-order valence-electron chi connectivity index (χ4n) is 3.97. The zero-order valence-electron chi connectivity index (χ0n) is 17.7. The van der Waals surface area contributed by atoms with Crippen molar-refractivity contribution in [3.8, 4) is 0 Å². The molecule has 2 aromatic rings. The van der Waals surface area contributed by atoms with E-state index in [1.165, 1.54) is 5.56 Å². The van der Waals surface area contributed by atoms with Crippen molar-refractivity contribution in [2.45, 2.75) is 31.7 Å². The summed E-state index contributed by atoms with van der Waals surface area (Å²) in [5, 5.41) is 6.37. The Morgan fingerprint density at radius 1 is 1.10 bits per heavy atom. The number of nitrogens with zero attached hydrogens (tertiary/aromatic N) is 1. The molecule has 0 radical (unpaired) electrons. The third kappa shape index (κ3) is 7.89. The Hall–Kier alpha value is -2.57. The minimum absolute atomic E-state index is 0.0214. The van der Waals surface area contributed by atoms with Gasteiger partial charge in [-0.05, 0) is 61.5 Å². The molecule has 1 aliphatic rings. The average molecular weight is 443 g/mol. The minimum atomic E-state index is -0.504. The van der Waals surface area contributed by atoms with Gasteiger partial charge in [-0.15, -0.1) is 0 Å². The van der Waals surface area contributed by atoms with Crippen molar-refractivity contribution in [3.05, 3.63) is 70.7 Å². The summed E-state index contributed by atoms with van der Waals surface area (Å²) in [5.41, 5.74) is 7.49. The molecule has 0 spiro atoms. The lowest BCUT2D eigenvalue weighted by atomic mass is 9.96. The fourth-order valence-corrected chi connectivity index (χ4v) is 4.17. The number of amides is 3. The summed E-state index contributed by atoms with van der Waals surface area (Å²) in [6, 6.07) is 16.9. The summed E-state index contributed by atoms with van der Waals surface area (Å²) in [5.74, 6) is -0.0207. The van der Waals surface area contributed by atoms with Crippen LogP contribution >= 0.6 is 11.6 Å². The Morgan fingerprint density at radius 2 is 1.84 bits per heavy atom. The monoisotopic (exact) mass is 442 g/mol. The lowest BCUT2D eigenvalue weighted by molar-refractivity contribution is -0.118. The van der Waals surface area contributed by atoms with Crippen LogP contribution in [0.3, 0.4) is 0 Å². The van der Waals surface area contributed by atoms with E-state index in [1.807, 2.05) is 12.1 Å². The lowest BCUT2D eigenvalue weighted by Gasteiger charge is -2.32. The minimum Gasteiger partial charge on any atom is -0.370 e. The Morgan fingerprint density at radius 3 is 2.52 bits per heavy atom. The summed E-state index contributed by atoms with van der Waals surface area (Å²) in [6.07, 6.45) is 3.21. The topological polar surface area (TPSA) is 87.5 Å². The van der Waals surface area contributed by atoms with Gasteiger partial charge in [0.05, 0.1) is 12.5 Å². The Balaban J connectivity index is 1.40. The highest BCUT2D eigenvalue weighted by molar-refractivity contribution is 6.30. The number of benzene rings is 2. The van der Waals surface area contributed by atoms with Crippen molar-refractivity contribution >= 4 is 23.5 Å². The van der Waals surface area contributed by atoms with Gasteiger partial charge in [0, 0.05) is 18.1 Å². The van der Waals surface area contributed by atoms with E-state index in [1.54, 1.807) is 18.2 Å². The Kier molecular flexibility index (Phi) is 8.74. The summed E-state index contributed by atoms with van der Waals surface area (Å²) in [7, 11) is 0. The van der Waals surface area contributed by atoms with Crippen molar-refractivity contribution in [1.82, 2.24) is 15.5 Å². The molecule has 0 saturated carbocycles. The van der Waals surface area contributed by atoms with Crippen LogP contribution in [0, 0.1) is 5.92 Å². The fraction of sp³-hybridized carbons (Fsp3) is 0.417. The molecule has 0 aliphatic carbocycles. The number of carbonyl (C=O) groups excluding carboxylic acids is 2. The molecule has 1 heterocycles. The van der Waals surface area contributed by atoms with E-state index >= 15 is 0 Å². The standard InChI is InChI=1S/C24H31ClN4O2/c25-21-8-4-7-20(15-21)22(16-23(26)30)28-24(31)27-17-19-10-13-29(14-11-19)12-9-18-5-2-1-3-6-18/h1-8,15,19,22H,9-14,16-17H2,(H2,26,30)(H2,27,28,31)/t22-/m1/s1. The number of urea groups is 1. The van der Waals surface area contributed by atoms with E-state index < -0.39 is 11.9 Å². The Labute approximate surface area is 189 Å². The molecular formula is C24H31ClN4O2. The van der Waals surface area contributed by atoms with Gasteiger partial charge < -0.3 is 21.3 Å². The highest BCUT2D eigenvalue weighted by Crippen LogP contribution is 2.21. The highest BCUT2D eigenvalue weighted by atomic mass is 35.5. The predicted octanol–water partition coefficient (Wildman–Crippen LogP) is 3.51. The number of hydrogen-bond donors (Lipinski definition) is 3. The lowest BCUT2D eigenvalue weighted by Crippen LogP contribution is -2.43. The quantitative estimate of drug-likeness (QED) is 0.555. The van der Waals surface area contributed by atoms with Crippen molar-refractivity contribution in [3.63, 3.8) is 0 Å². The molecule has 0 unspecified atom stereocenters. The van der Waals surface area contributed by atoms with Crippen LogP contribution in [0.2, 0.25) is 5.02 Å². The molecule has 1 fully saturated rings. The molecule has 0 bridgehead atoms. The number of piperidine rings is 1. The van der Waals surface area contributed by atoms with Gasteiger partial charge in [0.1, 0.15) is 0 Å². The third-order valence-corrected chi connectivity index (χ3v) is 6.01. The average Bonchev–Trinajstić information content (AvgIpc) is 2.77. The van der Waals surface area contributed by atoms with Crippen molar-refractivity contribution in [1.29, 1.82) is 0 Å². The number of hydrogen-bond acceptors (Lipinski definition) is 3. The molecule has 7 heteroatoms. The number of primary amides is 1. The first kappa shape index (κ1) is 23.1. The highest BCUT2D eigenvalue weighted by Gasteiger charge is 2.21. The molecule has 166 valence electrons. The second kappa shape index (κ2) is 11.7. The summed E-state index contributed by atoms with van der Waals surface area (Å²) in [4.78, 5) is 26.4. The van der Waals surface area contributed by atoms with Crippen molar-refractivity contribution in [2.24, 2.45) is 11.7 Å². The van der Waals surface area contributed by atoms with Crippen LogP contribution in [-0.2, 0) is 11.2 Å². The van der Waals surface area contributed by atoms with Gasteiger partial charge in [0.2, 0.25) is 5.91 Å². The molecule has 1 saturated heterocycles. The van der Waals surface area contributed by atoms with E-state index in [0.29, 0.717) is 17.5 Å². The number of likely N-dealkylation sites (tertiary alicyclic amines) is 1. The summed E-state index contributed by atoms with van der Waals surface area (Å²) < 4.78 is 0. The first-order valence-corrected chi connectivity index (χ1v) is 11.2. The molecule has 31 heavy (non-hydrogen) atoms. The van der Waals surface area contributed by atoms with Crippen LogP contribution in [0.25, 0.3) is 0 Å². The maximum Gasteiger partial charge on any atom is 0.315 e. The maximum atomic E-state index is 12.4. The molecule has 2 aromatic carbocycles. The smallest absolute Gasteiger partial charge is 0.315 e. The molecule has 4 N–H and O–H groups in total. The van der Waals surface area contributed by atoms with Crippen molar-refractivity contribution < 1.29 is 9.59 Å². The van der Waals surface area contributed by atoms with Crippen LogP contribution in [0.15, 0.2) is 54.6 Å². The van der Waals surface area contributed by atoms with Crippen LogP contribution in [0.1, 0.15) is 36.4 Å². The molecule has 6 nitrogen and oxygen atoms in total. The van der Waals surface area contributed by atoms with Gasteiger partial charge in [-0.3, -0.25) is 4.79 Å². The number of nitrogens with two attached hydrogens (primary N) is 1. The van der Waals surface area contributed by atoms with Gasteiger partial charge in [0.15, 0.2) is 0 Å². The van der Waals surface area contributed by atoms with E-state index in [0.717, 1.165) is 44.5 Å². The van der Waals surface area contributed by atoms with Gasteiger partial charge in [-0.2, -0.15) is 0 Å². The molecule has 3 rings (SSSR count). The van der Waals surface area contributed by atoms with Crippen molar-refractivity contribution in [2.75, 3.05) is 26.2 Å². The SMILES string of the molecule is NC(=O)C[C@@H](NC(=O)NCC1CCN(CCc2ccccc2)CC1)c1cccc(Cl)c1. The number of halogens is 1. The van der Waals surface area contributed by atoms with Crippen LogP contribution in [0.5, 0.6) is 0 Å². The van der Waals surface area contributed by atoms with E-state index in [-0.39, 0.29) is 12.5 Å². The largest absolute Gasteiger partial charge is 0.370 e. The summed E-state index contributed by atoms with van der Waals surface area (Å²) in [6.45, 7) is 3.79. The predicted molar refractivity (Wildman–Crippen MR) is 124 cm³/mol. The van der Waals surface area contributed by atoms with Gasteiger partial charge in [0.25, 0.3) is 0 Å². The normalized spacial score (nSPS) is 15.9. The zero-order chi connectivity index (χ0) is 22.1. The zero-order valence-corrected chi connectivity index (χ0v) is 18.5. The van der Waals surface area contributed by atoms with E-state index in [9.17, 15) is 9.59 Å². The third-order valence-electron chi connectivity index (χ3n) is 5.78. The first-order chi connectivity index (χ1) is 15.0. The number of rotatable bonds is 9. The molecular weight excluding hydrogens is 412 g/mol. The molecule has 0 aromatic heterocycles. The summed E-state index contributed by atoms with van der Waals surface area (Å²) >= 11 is 6.05. The van der Waals surface area contributed by atoms with Gasteiger partial charge in [-0.1, -0.05) is 54.1 Å². The molecule has 1 aliphatic heterocycles. The van der Waals surface area contributed by atoms with Crippen LogP contribution in [-0.4, -0.2) is 43.0 Å². The second-order valence-corrected chi connectivity index (χ2v) is 8.59. The second-order valence-electron chi connectivity index (χ2n) is 8.15. The van der Waals surface area contributed by atoms with Crippen LogP contribution in [0.4, 0.5) is 4.79 Å².